The summed E-state index contributed by atoms with van der Waals surface area (Å²) in [5.74, 6) is -1.32. The maximum atomic E-state index is 13.6. The summed E-state index contributed by atoms with van der Waals surface area (Å²) in [6.07, 6.45) is 0. The first-order chi connectivity index (χ1) is 9.35. The number of hydrogen-bond acceptors (Lipinski definition) is 2. The topological polar surface area (TPSA) is 75.4 Å². The van der Waals surface area contributed by atoms with Gasteiger partial charge in [-0.25, -0.2) is 9.18 Å². The monoisotopic (exact) mass is 279 g/mol. The number of halogens is 1. The molecular weight excluding hydrogens is 261 g/mol. The maximum absolute atomic E-state index is 13.6. The van der Waals surface area contributed by atoms with E-state index in [1.165, 1.54) is 17.0 Å². The van der Waals surface area contributed by atoms with E-state index >= 15 is 0 Å². The minimum atomic E-state index is -0.685. The number of amides is 3. The smallest absolute Gasteiger partial charge is 0.322 e. The first kappa shape index (κ1) is 15.7. The zero-order valence-electron chi connectivity index (χ0n) is 11.6. The predicted molar refractivity (Wildman–Crippen MR) is 76.0 cm³/mol. The van der Waals surface area contributed by atoms with Crippen molar-refractivity contribution in [3.05, 3.63) is 41.7 Å². The molecule has 0 aliphatic carbocycles. The molecule has 0 fully saturated rings. The number of carbonyl (C=O) groups is 2. The highest BCUT2D eigenvalue weighted by atomic mass is 19.1. The van der Waals surface area contributed by atoms with Crippen molar-refractivity contribution in [2.45, 2.75) is 13.8 Å². The quantitative estimate of drug-likeness (QED) is 0.812. The van der Waals surface area contributed by atoms with Gasteiger partial charge in [0.1, 0.15) is 5.82 Å². The number of benzene rings is 1. The number of carbonyl (C=O) groups excluding carboxylic acids is 2. The molecule has 0 radical (unpaired) electrons. The third kappa shape index (κ3) is 4.08. The Morgan fingerprint density at radius 3 is 2.60 bits per heavy atom. The van der Waals surface area contributed by atoms with E-state index in [1.54, 1.807) is 13.8 Å². The summed E-state index contributed by atoms with van der Waals surface area (Å²) < 4.78 is 13.6. The van der Waals surface area contributed by atoms with Crippen LogP contribution in [0.4, 0.5) is 14.9 Å². The second-order valence-corrected chi connectivity index (χ2v) is 4.46. The van der Waals surface area contributed by atoms with Gasteiger partial charge in [0.25, 0.3) is 0 Å². The first-order valence-electron chi connectivity index (χ1n) is 6.14. The van der Waals surface area contributed by atoms with Gasteiger partial charge in [-0.1, -0.05) is 12.2 Å². The number of nitrogens with two attached hydrogens (primary N) is 1. The summed E-state index contributed by atoms with van der Waals surface area (Å²) in [7, 11) is 0. The zero-order valence-corrected chi connectivity index (χ0v) is 11.6. The standard InChI is InChI=1S/C14H18FN3O2/c1-4-18(8-9(2)3)14(20)17-12-7-10(13(16)19)5-6-11(12)15/h5-7H,2,4,8H2,1,3H3,(H2,16,19)(H,17,20). The molecule has 1 rings (SSSR count). The van der Waals surface area contributed by atoms with Gasteiger partial charge >= 0.3 is 6.03 Å². The highest BCUT2D eigenvalue weighted by Gasteiger charge is 2.15. The van der Waals surface area contributed by atoms with Gasteiger partial charge in [0.15, 0.2) is 0 Å². The number of hydrogen-bond donors (Lipinski definition) is 2. The fourth-order valence-corrected chi connectivity index (χ4v) is 1.62. The summed E-state index contributed by atoms with van der Waals surface area (Å²) in [6, 6.07) is 3.10. The van der Waals surface area contributed by atoms with Crippen molar-refractivity contribution < 1.29 is 14.0 Å². The number of likely N-dealkylation sites (N-methyl/N-ethyl adjacent to an activating group) is 1. The van der Waals surface area contributed by atoms with Gasteiger partial charge in [-0.15, -0.1) is 0 Å². The number of anilines is 1. The summed E-state index contributed by atoms with van der Waals surface area (Å²) >= 11 is 0. The Hall–Kier alpha value is -2.37. The Kier molecular flexibility index (Phi) is 5.25. The van der Waals surface area contributed by atoms with Crippen LogP contribution in [0.3, 0.4) is 0 Å². The van der Waals surface area contributed by atoms with Gasteiger partial charge in [-0.2, -0.15) is 0 Å². The molecule has 20 heavy (non-hydrogen) atoms. The molecule has 3 N–H and O–H groups in total. The SMILES string of the molecule is C=C(C)CN(CC)C(=O)Nc1cc(C(N)=O)ccc1F. The van der Waals surface area contributed by atoms with E-state index in [1.807, 2.05) is 0 Å². The number of nitrogens with zero attached hydrogens (tertiary/aromatic N) is 1. The van der Waals surface area contributed by atoms with Crippen molar-refractivity contribution in [1.29, 1.82) is 0 Å². The number of nitrogens with one attached hydrogen (secondary N) is 1. The van der Waals surface area contributed by atoms with Crippen LogP contribution in [-0.4, -0.2) is 29.9 Å². The van der Waals surface area contributed by atoms with Gasteiger partial charge in [0, 0.05) is 18.7 Å². The van der Waals surface area contributed by atoms with E-state index in [-0.39, 0.29) is 11.3 Å². The summed E-state index contributed by atoms with van der Waals surface area (Å²) in [5.41, 5.74) is 5.98. The van der Waals surface area contributed by atoms with Crippen LogP contribution in [0.1, 0.15) is 24.2 Å². The number of urea groups is 1. The van der Waals surface area contributed by atoms with Crippen LogP contribution in [0, 0.1) is 5.82 Å². The molecule has 0 aromatic heterocycles. The van der Waals surface area contributed by atoms with E-state index in [0.29, 0.717) is 13.1 Å². The van der Waals surface area contributed by atoms with Crippen molar-refractivity contribution in [2.75, 3.05) is 18.4 Å². The van der Waals surface area contributed by atoms with E-state index in [0.717, 1.165) is 11.6 Å². The lowest BCUT2D eigenvalue weighted by Gasteiger charge is -2.21. The van der Waals surface area contributed by atoms with Crippen LogP contribution in [0.2, 0.25) is 0 Å². The molecule has 0 aliphatic rings. The van der Waals surface area contributed by atoms with Crippen LogP contribution in [0.25, 0.3) is 0 Å². The number of primary amides is 1. The molecule has 1 aromatic rings. The molecule has 3 amide bonds. The highest BCUT2D eigenvalue weighted by molar-refractivity contribution is 5.96. The molecule has 0 saturated heterocycles. The van der Waals surface area contributed by atoms with Crippen LogP contribution in [0.5, 0.6) is 0 Å². The normalized spacial score (nSPS) is 9.95. The van der Waals surface area contributed by atoms with Gasteiger partial charge in [0.2, 0.25) is 5.91 Å². The number of rotatable bonds is 5. The van der Waals surface area contributed by atoms with E-state index < -0.39 is 17.8 Å². The average molecular weight is 279 g/mol. The van der Waals surface area contributed by atoms with Gasteiger partial charge in [-0.05, 0) is 32.0 Å². The fourth-order valence-electron chi connectivity index (χ4n) is 1.62. The van der Waals surface area contributed by atoms with Crippen molar-refractivity contribution in [3.8, 4) is 0 Å². The average Bonchev–Trinajstić information content (AvgIpc) is 2.37. The maximum Gasteiger partial charge on any atom is 0.322 e. The molecule has 1 aromatic carbocycles. The predicted octanol–water partition coefficient (Wildman–Crippen LogP) is 2.35. The summed E-state index contributed by atoms with van der Waals surface area (Å²) in [4.78, 5) is 24.5. The van der Waals surface area contributed by atoms with Crippen molar-refractivity contribution in [3.63, 3.8) is 0 Å². The Morgan fingerprint density at radius 1 is 1.45 bits per heavy atom. The third-order valence-corrected chi connectivity index (χ3v) is 2.62. The lowest BCUT2D eigenvalue weighted by atomic mass is 10.2. The summed E-state index contributed by atoms with van der Waals surface area (Å²) in [6.45, 7) is 8.16. The second kappa shape index (κ2) is 6.70. The fraction of sp³-hybridized carbons (Fsp3) is 0.286. The van der Waals surface area contributed by atoms with E-state index in [9.17, 15) is 14.0 Å². The molecule has 6 heteroatoms. The molecular formula is C14H18FN3O2. The van der Waals surface area contributed by atoms with Gasteiger partial charge < -0.3 is 16.0 Å². The Labute approximate surface area is 117 Å². The highest BCUT2D eigenvalue weighted by Crippen LogP contribution is 2.16. The lowest BCUT2D eigenvalue weighted by Crippen LogP contribution is -2.36. The minimum Gasteiger partial charge on any atom is -0.366 e. The molecule has 0 spiro atoms. The molecule has 0 heterocycles. The van der Waals surface area contributed by atoms with E-state index in [2.05, 4.69) is 11.9 Å². The van der Waals surface area contributed by atoms with Crippen LogP contribution < -0.4 is 11.1 Å². The molecule has 0 unspecified atom stereocenters. The van der Waals surface area contributed by atoms with Crippen LogP contribution in [0.15, 0.2) is 30.4 Å². The first-order valence-corrected chi connectivity index (χ1v) is 6.14. The lowest BCUT2D eigenvalue weighted by molar-refractivity contribution is 0.1000. The van der Waals surface area contributed by atoms with E-state index in [4.69, 9.17) is 5.73 Å². The van der Waals surface area contributed by atoms with Crippen LogP contribution in [-0.2, 0) is 0 Å². The van der Waals surface area contributed by atoms with Crippen molar-refractivity contribution in [2.24, 2.45) is 5.73 Å². The Bertz CT molecular complexity index is 543. The molecule has 5 nitrogen and oxygen atoms in total. The molecule has 0 aliphatic heterocycles. The zero-order chi connectivity index (χ0) is 15.3. The largest absolute Gasteiger partial charge is 0.366 e. The Morgan fingerprint density at radius 2 is 2.10 bits per heavy atom. The summed E-state index contributed by atoms with van der Waals surface area (Å²) in [5, 5.41) is 2.42. The molecule has 0 atom stereocenters. The molecule has 0 saturated carbocycles. The molecule has 0 bridgehead atoms. The van der Waals surface area contributed by atoms with Crippen LogP contribution >= 0.6 is 0 Å². The molecule has 108 valence electrons. The van der Waals surface area contributed by atoms with Gasteiger partial charge in [0.05, 0.1) is 5.69 Å². The van der Waals surface area contributed by atoms with Crippen molar-refractivity contribution in [1.82, 2.24) is 4.90 Å². The second-order valence-electron chi connectivity index (χ2n) is 4.46. The third-order valence-electron chi connectivity index (χ3n) is 2.62. The van der Waals surface area contributed by atoms with Gasteiger partial charge in [-0.3, -0.25) is 4.79 Å². The minimum absolute atomic E-state index is 0.0773. The van der Waals surface area contributed by atoms with Crippen molar-refractivity contribution >= 4 is 17.6 Å². The Balaban J connectivity index is 2.91.